The van der Waals surface area contributed by atoms with Gasteiger partial charge in [-0.2, -0.15) is 4.31 Å². The number of imide groups is 1. The van der Waals surface area contributed by atoms with Crippen LogP contribution in [0.5, 0.6) is 5.75 Å². The summed E-state index contributed by atoms with van der Waals surface area (Å²) in [4.78, 5) is 34.8. The number of morpholine rings is 1. The lowest BCUT2D eigenvalue weighted by molar-refractivity contribution is -0.143. The molecule has 3 amide bonds. The smallest absolute Gasteiger partial charge is 0.331 e. The van der Waals surface area contributed by atoms with E-state index < -0.39 is 34.5 Å². The molecule has 0 radical (unpaired) electrons. The summed E-state index contributed by atoms with van der Waals surface area (Å²) in [6.07, 6.45) is 3.12. The number of amides is 3. The van der Waals surface area contributed by atoms with Crippen molar-refractivity contribution in [1.82, 2.24) is 14.9 Å². The van der Waals surface area contributed by atoms with Crippen LogP contribution in [0.15, 0.2) is 29.2 Å². The Labute approximate surface area is 186 Å². The first-order valence-electron chi connectivity index (χ1n) is 9.96. The van der Waals surface area contributed by atoms with Crippen molar-refractivity contribution >= 4 is 34.0 Å². The van der Waals surface area contributed by atoms with Crippen LogP contribution in [0.25, 0.3) is 6.08 Å². The second-order valence-corrected chi connectivity index (χ2v) is 8.58. The van der Waals surface area contributed by atoms with E-state index in [0.717, 1.165) is 6.08 Å². The van der Waals surface area contributed by atoms with E-state index >= 15 is 0 Å². The van der Waals surface area contributed by atoms with Crippen molar-refractivity contribution in [1.29, 1.82) is 0 Å². The van der Waals surface area contributed by atoms with Crippen LogP contribution in [0, 0.1) is 0 Å². The third-order valence-corrected chi connectivity index (χ3v) is 6.24. The van der Waals surface area contributed by atoms with Gasteiger partial charge in [0.2, 0.25) is 10.0 Å². The van der Waals surface area contributed by atoms with Gasteiger partial charge in [0.1, 0.15) is 10.6 Å². The van der Waals surface area contributed by atoms with Crippen LogP contribution in [0.2, 0.25) is 0 Å². The summed E-state index contributed by atoms with van der Waals surface area (Å²) in [6, 6.07) is 3.78. The van der Waals surface area contributed by atoms with Crippen LogP contribution in [0.4, 0.5) is 4.79 Å². The Balaban J connectivity index is 2.01. The summed E-state index contributed by atoms with van der Waals surface area (Å²) in [7, 11) is -2.45. The van der Waals surface area contributed by atoms with E-state index in [-0.39, 0.29) is 23.7 Å². The quantitative estimate of drug-likeness (QED) is 0.394. The van der Waals surface area contributed by atoms with Crippen molar-refractivity contribution < 1.29 is 37.0 Å². The highest BCUT2D eigenvalue weighted by Gasteiger charge is 2.29. The summed E-state index contributed by atoms with van der Waals surface area (Å²) in [5.74, 6) is -1.43. The normalized spacial score (nSPS) is 14.7. The molecule has 0 atom stereocenters. The number of hydrogen-bond donors (Lipinski definition) is 2. The van der Waals surface area contributed by atoms with E-state index in [0.29, 0.717) is 31.7 Å². The van der Waals surface area contributed by atoms with Crippen molar-refractivity contribution in [3.63, 3.8) is 0 Å². The van der Waals surface area contributed by atoms with Gasteiger partial charge in [-0.1, -0.05) is 13.0 Å². The Morgan fingerprint density at radius 2 is 1.94 bits per heavy atom. The molecule has 1 heterocycles. The number of esters is 1. The molecular weight excluding hydrogens is 442 g/mol. The minimum absolute atomic E-state index is 0.0325. The summed E-state index contributed by atoms with van der Waals surface area (Å²) >= 11 is 0. The maximum absolute atomic E-state index is 13.0. The van der Waals surface area contributed by atoms with E-state index in [4.69, 9.17) is 14.2 Å². The van der Waals surface area contributed by atoms with Crippen molar-refractivity contribution in [3.05, 3.63) is 29.8 Å². The van der Waals surface area contributed by atoms with Crippen LogP contribution in [-0.4, -0.2) is 77.2 Å². The first-order chi connectivity index (χ1) is 15.3. The molecule has 176 valence electrons. The lowest BCUT2D eigenvalue weighted by Gasteiger charge is -2.26. The molecule has 12 heteroatoms. The van der Waals surface area contributed by atoms with Gasteiger partial charge in [0.15, 0.2) is 6.61 Å². The molecule has 11 nitrogen and oxygen atoms in total. The zero-order valence-electron chi connectivity index (χ0n) is 18.0. The number of methoxy groups -OCH3 is 1. The van der Waals surface area contributed by atoms with Crippen LogP contribution in [-0.2, 0) is 29.1 Å². The topological polar surface area (TPSA) is 140 Å². The fraction of sp³-hybridized carbons (Fsp3) is 0.450. The maximum Gasteiger partial charge on any atom is 0.331 e. The van der Waals surface area contributed by atoms with Crippen LogP contribution < -0.4 is 15.4 Å². The van der Waals surface area contributed by atoms with Crippen LogP contribution in [0.1, 0.15) is 18.9 Å². The number of hydrogen-bond acceptors (Lipinski definition) is 8. The third kappa shape index (κ3) is 7.32. The molecule has 1 aromatic rings. The van der Waals surface area contributed by atoms with E-state index in [1.165, 1.54) is 29.6 Å². The second-order valence-electron chi connectivity index (χ2n) is 6.67. The van der Waals surface area contributed by atoms with Crippen molar-refractivity contribution in [2.45, 2.75) is 18.2 Å². The van der Waals surface area contributed by atoms with Crippen LogP contribution in [0.3, 0.4) is 0 Å². The molecule has 2 rings (SSSR count). The van der Waals surface area contributed by atoms with Gasteiger partial charge in [0.25, 0.3) is 5.91 Å². The molecule has 1 aliphatic rings. The highest BCUT2D eigenvalue weighted by atomic mass is 32.2. The molecule has 0 aromatic heterocycles. The summed E-state index contributed by atoms with van der Waals surface area (Å²) in [5.41, 5.74) is 0.415. The molecule has 32 heavy (non-hydrogen) atoms. The third-order valence-electron chi connectivity index (χ3n) is 4.32. The summed E-state index contributed by atoms with van der Waals surface area (Å²) in [5, 5.41) is 4.48. The van der Waals surface area contributed by atoms with E-state index in [1.54, 1.807) is 6.07 Å². The lowest BCUT2D eigenvalue weighted by Crippen LogP contribution is -2.41. The number of carbonyl (C=O) groups excluding carboxylic acids is 3. The number of benzene rings is 1. The SMILES string of the molecule is CCCNC(=O)NC(=O)COC(=O)/C=C/c1ccc(OC)c(S(=O)(=O)N2CCOCC2)c1. The fourth-order valence-corrected chi connectivity index (χ4v) is 4.32. The molecule has 1 aromatic carbocycles. The number of rotatable bonds is 9. The zero-order chi connectivity index (χ0) is 23.6. The van der Waals surface area contributed by atoms with Gasteiger partial charge in [0.05, 0.1) is 20.3 Å². The van der Waals surface area contributed by atoms with Gasteiger partial charge in [-0.3, -0.25) is 10.1 Å². The van der Waals surface area contributed by atoms with E-state index in [2.05, 4.69) is 5.32 Å². The average molecular weight is 470 g/mol. The molecule has 1 fully saturated rings. The van der Waals surface area contributed by atoms with Gasteiger partial charge < -0.3 is 19.5 Å². The first kappa shape index (κ1) is 25.3. The molecule has 1 saturated heterocycles. The lowest BCUT2D eigenvalue weighted by atomic mass is 10.2. The number of urea groups is 1. The molecule has 0 saturated carbocycles. The van der Waals surface area contributed by atoms with Gasteiger partial charge in [-0.05, 0) is 30.2 Å². The zero-order valence-corrected chi connectivity index (χ0v) is 18.8. The largest absolute Gasteiger partial charge is 0.495 e. The summed E-state index contributed by atoms with van der Waals surface area (Å²) in [6.45, 7) is 2.71. The number of ether oxygens (including phenoxy) is 3. The monoisotopic (exact) mass is 469 g/mol. The minimum atomic E-state index is -3.82. The Bertz CT molecular complexity index is 956. The Hall–Kier alpha value is -2.96. The molecule has 0 aliphatic carbocycles. The predicted molar refractivity (Wildman–Crippen MR) is 114 cm³/mol. The van der Waals surface area contributed by atoms with Crippen molar-refractivity contribution in [2.24, 2.45) is 0 Å². The standard InChI is InChI=1S/C20H27N3O8S/c1-3-8-21-20(26)22-18(24)14-31-19(25)7-5-15-4-6-16(29-2)17(13-15)32(27,28)23-9-11-30-12-10-23/h4-7,13H,3,8-12,14H2,1-2H3,(H2,21,22,24,26)/b7-5+. The highest BCUT2D eigenvalue weighted by molar-refractivity contribution is 7.89. The molecule has 0 unspecified atom stereocenters. The Morgan fingerprint density at radius 3 is 2.59 bits per heavy atom. The Kier molecular flexibility index (Phi) is 9.62. The highest BCUT2D eigenvalue weighted by Crippen LogP contribution is 2.28. The number of nitrogens with one attached hydrogen (secondary N) is 2. The number of sulfonamides is 1. The maximum atomic E-state index is 13.0. The number of nitrogens with zero attached hydrogens (tertiary/aromatic N) is 1. The summed E-state index contributed by atoms with van der Waals surface area (Å²) < 4.78 is 42.5. The number of carbonyl (C=O) groups is 3. The molecule has 2 N–H and O–H groups in total. The first-order valence-corrected chi connectivity index (χ1v) is 11.4. The van der Waals surface area contributed by atoms with Gasteiger partial charge in [-0.25, -0.2) is 18.0 Å². The van der Waals surface area contributed by atoms with E-state index in [1.807, 2.05) is 12.2 Å². The van der Waals surface area contributed by atoms with Gasteiger partial charge >= 0.3 is 12.0 Å². The minimum Gasteiger partial charge on any atom is -0.495 e. The van der Waals surface area contributed by atoms with Gasteiger partial charge in [-0.15, -0.1) is 0 Å². The van der Waals surface area contributed by atoms with E-state index in [9.17, 15) is 22.8 Å². The Morgan fingerprint density at radius 1 is 1.22 bits per heavy atom. The molecule has 0 spiro atoms. The van der Waals surface area contributed by atoms with Crippen LogP contribution >= 0.6 is 0 Å². The van der Waals surface area contributed by atoms with Gasteiger partial charge in [0, 0.05) is 25.7 Å². The van der Waals surface area contributed by atoms with Crippen molar-refractivity contribution in [3.8, 4) is 5.75 Å². The van der Waals surface area contributed by atoms with Crippen molar-refractivity contribution in [2.75, 3.05) is 46.6 Å². The molecule has 1 aliphatic heterocycles. The second kappa shape index (κ2) is 12.2. The molecule has 0 bridgehead atoms. The predicted octanol–water partition coefficient (Wildman–Crippen LogP) is 0.508. The molecular formula is C20H27N3O8S. The fourth-order valence-electron chi connectivity index (χ4n) is 2.72. The average Bonchev–Trinajstić information content (AvgIpc) is 2.80.